The van der Waals surface area contributed by atoms with Crippen molar-refractivity contribution in [3.05, 3.63) is 34.9 Å². The van der Waals surface area contributed by atoms with Crippen molar-refractivity contribution in [3.63, 3.8) is 0 Å². The van der Waals surface area contributed by atoms with E-state index < -0.39 is 0 Å². The van der Waals surface area contributed by atoms with E-state index in [9.17, 15) is 5.11 Å². The number of halogens is 1. The average Bonchev–Trinajstić information content (AvgIpc) is 2.38. The van der Waals surface area contributed by atoms with E-state index in [0.29, 0.717) is 0 Å². The van der Waals surface area contributed by atoms with Crippen LogP contribution in [-0.4, -0.2) is 49.3 Å². The minimum Gasteiger partial charge on any atom is -0.396 e. The second-order valence-electron chi connectivity index (χ2n) is 4.48. The summed E-state index contributed by atoms with van der Waals surface area (Å²) in [6, 6.07) is 7.78. The summed E-state index contributed by atoms with van der Waals surface area (Å²) in [6.07, 6.45) is 0. The van der Waals surface area contributed by atoms with Gasteiger partial charge in [-0.05, 0) is 17.7 Å². The monoisotopic (exact) mass is 254 g/mol. The average molecular weight is 255 g/mol. The zero-order chi connectivity index (χ0) is 12.1. The zero-order valence-corrected chi connectivity index (χ0v) is 10.7. The number of benzene rings is 1. The number of hydrogen-bond acceptors (Lipinski definition) is 3. The van der Waals surface area contributed by atoms with Crippen LogP contribution in [0, 0.1) is 0 Å². The lowest BCUT2D eigenvalue weighted by Gasteiger charge is -2.30. The van der Waals surface area contributed by atoms with Crippen LogP contribution in [0.25, 0.3) is 0 Å². The summed E-state index contributed by atoms with van der Waals surface area (Å²) >= 11 is 5.87. The molecule has 3 nitrogen and oxygen atoms in total. The van der Waals surface area contributed by atoms with Crippen molar-refractivity contribution < 1.29 is 5.11 Å². The first-order valence-corrected chi connectivity index (χ1v) is 6.47. The minimum atomic E-state index is 0.186. The predicted octanol–water partition coefficient (Wildman–Crippen LogP) is 1.32. The van der Waals surface area contributed by atoms with Crippen LogP contribution in [0.15, 0.2) is 24.3 Å². The Morgan fingerprint density at radius 1 is 1.24 bits per heavy atom. The van der Waals surface area contributed by atoms with Gasteiger partial charge in [0.05, 0.1) is 6.61 Å². The number of rotatable bonds is 4. The molecule has 0 aromatic heterocycles. The maximum Gasteiger partial charge on any atom is 0.0512 e. The maximum atomic E-state index is 9.50. The van der Waals surface area contributed by atoms with Crippen molar-refractivity contribution in [2.24, 2.45) is 0 Å². The molecule has 4 heteroatoms. The number of aliphatic hydroxyl groups is 1. The summed E-state index contributed by atoms with van der Waals surface area (Å²) in [4.78, 5) is 2.39. The highest BCUT2D eigenvalue weighted by Crippen LogP contribution is 2.19. The molecule has 1 unspecified atom stereocenters. The fraction of sp³-hybridized carbons (Fsp3) is 0.538. The lowest BCUT2D eigenvalue weighted by Crippen LogP contribution is -2.45. The number of nitrogens with one attached hydrogen (secondary N) is 1. The molecule has 0 spiro atoms. The summed E-state index contributed by atoms with van der Waals surface area (Å²) in [6.45, 7) is 5.30. The van der Waals surface area contributed by atoms with E-state index in [2.05, 4.69) is 10.2 Å². The molecule has 2 rings (SSSR count). The SMILES string of the molecule is OCC(CN1CCNCC1)c1ccc(Cl)cc1. The highest BCUT2D eigenvalue weighted by Gasteiger charge is 2.17. The van der Waals surface area contributed by atoms with Crippen LogP contribution in [0.1, 0.15) is 11.5 Å². The largest absolute Gasteiger partial charge is 0.396 e. The van der Waals surface area contributed by atoms with Crippen LogP contribution >= 0.6 is 11.6 Å². The van der Waals surface area contributed by atoms with E-state index in [1.165, 1.54) is 0 Å². The first-order chi connectivity index (χ1) is 8.29. The summed E-state index contributed by atoms with van der Waals surface area (Å²) in [7, 11) is 0. The van der Waals surface area contributed by atoms with Gasteiger partial charge in [-0.15, -0.1) is 0 Å². The van der Waals surface area contributed by atoms with Gasteiger partial charge in [0.25, 0.3) is 0 Å². The molecule has 17 heavy (non-hydrogen) atoms. The first kappa shape index (κ1) is 12.8. The second-order valence-corrected chi connectivity index (χ2v) is 4.92. The third kappa shape index (κ3) is 3.68. The number of aliphatic hydroxyl groups excluding tert-OH is 1. The van der Waals surface area contributed by atoms with E-state index in [-0.39, 0.29) is 12.5 Å². The molecule has 1 fully saturated rings. The third-order valence-corrected chi connectivity index (χ3v) is 3.50. The van der Waals surface area contributed by atoms with Crippen molar-refractivity contribution in [1.82, 2.24) is 10.2 Å². The van der Waals surface area contributed by atoms with Gasteiger partial charge in [-0.3, -0.25) is 0 Å². The van der Waals surface area contributed by atoms with Crippen LogP contribution in [0.4, 0.5) is 0 Å². The summed E-state index contributed by atoms with van der Waals surface area (Å²) in [5, 5.41) is 13.6. The molecule has 1 saturated heterocycles. The molecule has 1 atom stereocenters. The fourth-order valence-electron chi connectivity index (χ4n) is 2.21. The van der Waals surface area contributed by atoms with Gasteiger partial charge < -0.3 is 15.3 Å². The standard InChI is InChI=1S/C13H19ClN2O/c14-13-3-1-11(2-4-13)12(10-17)9-16-7-5-15-6-8-16/h1-4,12,15,17H,5-10H2. The van der Waals surface area contributed by atoms with Crippen LogP contribution in [0.2, 0.25) is 5.02 Å². The fourth-order valence-corrected chi connectivity index (χ4v) is 2.33. The summed E-state index contributed by atoms with van der Waals surface area (Å²) in [5.41, 5.74) is 1.16. The normalized spacial score (nSPS) is 19.2. The Morgan fingerprint density at radius 2 is 1.88 bits per heavy atom. The van der Waals surface area contributed by atoms with Gasteiger partial charge >= 0.3 is 0 Å². The molecular formula is C13H19ClN2O. The van der Waals surface area contributed by atoms with Gasteiger partial charge in [-0.1, -0.05) is 23.7 Å². The molecule has 94 valence electrons. The van der Waals surface area contributed by atoms with Crippen LogP contribution in [0.3, 0.4) is 0 Å². The van der Waals surface area contributed by atoms with E-state index in [4.69, 9.17) is 11.6 Å². The molecule has 1 aliphatic heterocycles. The lowest BCUT2D eigenvalue weighted by molar-refractivity contribution is 0.185. The third-order valence-electron chi connectivity index (χ3n) is 3.25. The van der Waals surface area contributed by atoms with Crippen molar-refractivity contribution in [2.75, 3.05) is 39.3 Å². The van der Waals surface area contributed by atoms with Gasteiger partial charge in [-0.25, -0.2) is 0 Å². The predicted molar refractivity (Wildman–Crippen MR) is 70.6 cm³/mol. The molecular weight excluding hydrogens is 236 g/mol. The van der Waals surface area contributed by atoms with Crippen molar-refractivity contribution in [2.45, 2.75) is 5.92 Å². The molecule has 1 aromatic rings. The molecule has 0 amide bonds. The van der Waals surface area contributed by atoms with Crippen molar-refractivity contribution >= 4 is 11.6 Å². The zero-order valence-electron chi connectivity index (χ0n) is 9.90. The highest BCUT2D eigenvalue weighted by molar-refractivity contribution is 6.30. The van der Waals surface area contributed by atoms with Gasteiger partial charge in [0.1, 0.15) is 0 Å². The Bertz CT molecular complexity index is 336. The Morgan fingerprint density at radius 3 is 2.47 bits per heavy atom. The maximum absolute atomic E-state index is 9.50. The van der Waals surface area contributed by atoms with Gasteiger partial charge in [0, 0.05) is 43.7 Å². The molecule has 1 aromatic carbocycles. The van der Waals surface area contributed by atoms with E-state index >= 15 is 0 Å². The van der Waals surface area contributed by atoms with E-state index in [1.807, 2.05) is 24.3 Å². The van der Waals surface area contributed by atoms with Crippen LogP contribution in [-0.2, 0) is 0 Å². The van der Waals surface area contributed by atoms with Crippen LogP contribution < -0.4 is 5.32 Å². The number of nitrogens with zero attached hydrogens (tertiary/aromatic N) is 1. The molecule has 1 aliphatic rings. The molecule has 0 radical (unpaired) electrons. The quantitative estimate of drug-likeness (QED) is 0.851. The second kappa shape index (κ2) is 6.36. The smallest absolute Gasteiger partial charge is 0.0512 e. The number of hydrogen-bond donors (Lipinski definition) is 2. The molecule has 1 heterocycles. The molecule has 0 aliphatic carbocycles. The van der Waals surface area contributed by atoms with E-state index in [1.54, 1.807) is 0 Å². The Labute approximate surface area is 107 Å². The minimum absolute atomic E-state index is 0.186. The van der Waals surface area contributed by atoms with Gasteiger partial charge in [0.15, 0.2) is 0 Å². The Kier molecular flexibility index (Phi) is 4.80. The topological polar surface area (TPSA) is 35.5 Å². The van der Waals surface area contributed by atoms with Gasteiger partial charge in [0.2, 0.25) is 0 Å². The summed E-state index contributed by atoms with van der Waals surface area (Å²) in [5.74, 6) is 0.186. The van der Waals surface area contributed by atoms with Crippen molar-refractivity contribution in [1.29, 1.82) is 0 Å². The van der Waals surface area contributed by atoms with Gasteiger partial charge in [-0.2, -0.15) is 0 Å². The Hall–Kier alpha value is -0.610. The Balaban J connectivity index is 1.97. The van der Waals surface area contributed by atoms with E-state index in [0.717, 1.165) is 43.3 Å². The molecule has 2 N–H and O–H groups in total. The van der Waals surface area contributed by atoms with Crippen LogP contribution in [0.5, 0.6) is 0 Å². The lowest BCUT2D eigenvalue weighted by atomic mass is 9.99. The van der Waals surface area contributed by atoms with Crippen molar-refractivity contribution in [3.8, 4) is 0 Å². The molecule has 0 saturated carbocycles. The number of piperazine rings is 1. The highest BCUT2D eigenvalue weighted by atomic mass is 35.5. The summed E-state index contributed by atoms with van der Waals surface area (Å²) < 4.78 is 0. The molecule has 0 bridgehead atoms. The first-order valence-electron chi connectivity index (χ1n) is 6.09.